The zero-order valence-corrected chi connectivity index (χ0v) is 12.4. The number of benzene rings is 2. The smallest absolute Gasteiger partial charge is 0.163 e. The molecule has 0 fully saturated rings. The fraction of sp³-hybridized carbons (Fsp3) is 0.235. The molecule has 0 saturated carbocycles. The second kappa shape index (κ2) is 6.58. The maximum absolute atomic E-state index is 12.2. The second-order valence-corrected chi connectivity index (χ2v) is 5.22. The Morgan fingerprint density at radius 2 is 1.85 bits per heavy atom. The summed E-state index contributed by atoms with van der Waals surface area (Å²) in [7, 11) is 1.64. The molecule has 0 radical (unpaired) electrons. The maximum Gasteiger partial charge on any atom is 0.163 e. The van der Waals surface area contributed by atoms with Gasteiger partial charge < -0.3 is 4.74 Å². The van der Waals surface area contributed by atoms with Crippen molar-refractivity contribution in [2.75, 3.05) is 7.11 Å². The number of methoxy groups -OCH3 is 1. The number of halogens is 1. The number of carbonyl (C=O) groups is 1. The largest absolute Gasteiger partial charge is 0.497 e. The molecule has 2 rings (SSSR count). The molecule has 0 N–H and O–H groups in total. The molecule has 0 amide bonds. The van der Waals surface area contributed by atoms with Crippen LogP contribution in [-0.2, 0) is 6.42 Å². The number of ketones is 1. The van der Waals surface area contributed by atoms with Gasteiger partial charge >= 0.3 is 0 Å². The molecule has 0 bridgehead atoms. The van der Waals surface area contributed by atoms with E-state index in [9.17, 15) is 4.79 Å². The van der Waals surface area contributed by atoms with Gasteiger partial charge in [-0.3, -0.25) is 4.79 Å². The Hall–Kier alpha value is -1.80. The predicted octanol–water partition coefficient (Wildman–Crippen LogP) is 4.47. The third-order valence-corrected chi connectivity index (χ3v) is 3.38. The number of Topliss-reactive ketones (excluding diaryl/α,β-unsaturated/α-hetero) is 1. The van der Waals surface area contributed by atoms with Gasteiger partial charge in [0.15, 0.2) is 5.78 Å². The molecule has 0 aliphatic rings. The van der Waals surface area contributed by atoms with Crippen LogP contribution in [0.1, 0.15) is 27.9 Å². The SMILES string of the molecule is COc1ccc(CCC(=O)c2cc(C)cc(Cl)c2)cc1. The van der Waals surface area contributed by atoms with Crippen molar-refractivity contribution in [3.8, 4) is 5.75 Å². The quantitative estimate of drug-likeness (QED) is 0.759. The highest BCUT2D eigenvalue weighted by Gasteiger charge is 2.08. The van der Waals surface area contributed by atoms with Crippen molar-refractivity contribution in [2.45, 2.75) is 19.8 Å². The van der Waals surface area contributed by atoms with Crippen molar-refractivity contribution in [1.82, 2.24) is 0 Å². The monoisotopic (exact) mass is 288 g/mol. The van der Waals surface area contributed by atoms with Crippen LogP contribution < -0.4 is 4.74 Å². The van der Waals surface area contributed by atoms with Gasteiger partial charge in [0, 0.05) is 17.0 Å². The lowest BCUT2D eigenvalue weighted by molar-refractivity contribution is 0.0983. The van der Waals surface area contributed by atoms with Crippen LogP contribution in [0, 0.1) is 6.92 Å². The minimum atomic E-state index is 0.117. The predicted molar refractivity (Wildman–Crippen MR) is 81.8 cm³/mol. The minimum absolute atomic E-state index is 0.117. The van der Waals surface area contributed by atoms with Gasteiger partial charge in [0.05, 0.1) is 7.11 Å². The summed E-state index contributed by atoms with van der Waals surface area (Å²) in [6.07, 6.45) is 1.19. The average Bonchev–Trinajstić information content (AvgIpc) is 2.44. The number of hydrogen-bond acceptors (Lipinski definition) is 2. The van der Waals surface area contributed by atoms with Crippen LogP contribution in [0.5, 0.6) is 5.75 Å². The van der Waals surface area contributed by atoms with Crippen molar-refractivity contribution in [3.05, 3.63) is 64.2 Å². The Morgan fingerprint density at radius 1 is 1.15 bits per heavy atom. The Balaban J connectivity index is 2.00. The molecule has 0 aliphatic heterocycles. The van der Waals surface area contributed by atoms with E-state index in [4.69, 9.17) is 16.3 Å². The number of ether oxygens (including phenoxy) is 1. The third-order valence-electron chi connectivity index (χ3n) is 3.16. The standard InChI is InChI=1S/C17H17ClO2/c1-12-9-14(11-15(18)10-12)17(19)8-5-13-3-6-16(20-2)7-4-13/h3-4,6-7,9-11H,5,8H2,1-2H3. The van der Waals surface area contributed by atoms with E-state index in [1.54, 1.807) is 13.2 Å². The summed E-state index contributed by atoms with van der Waals surface area (Å²) in [6, 6.07) is 13.2. The lowest BCUT2D eigenvalue weighted by Crippen LogP contribution is -2.01. The van der Waals surface area contributed by atoms with E-state index in [0.29, 0.717) is 23.4 Å². The third kappa shape index (κ3) is 3.84. The first-order chi connectivity index (χ1) is 9.58. The zero-order valence-electron chi connectivity index (χ0n) is 11.7. The molecule has 0 spiro atoms. The molecule has 3 heteroatoms. The van der Waals surface area contributed by atoms with Gasteiger partial charge in [-0.15, -0.1) is 0 Å². The first-order valence-electron chi connectivity index (χ1n) is 6.52. The Kier molecular flexibility index (Phi) is 4.80. The van der Waals surface area contributed by atoms with Gasteiger partial charge in [-0.25, -0.2) is 0 Å². The van der Waals surface area contributed by atoms with E-state index >= 15 is 0 Å². The summed E-state index contributed by atoms with van der Waals surface area (Å²) in [6.45, 7) is 1.94. The first kappa shape index (κ1) is 14.6. The molecular weight excluding hydrogens is 272 g/mol. The lowest BCUT2D eigenvalue weighted by atomic mass is 10.0. The summed E-state index contributed by atoms with van der Waals surface area (Å²) in [4.78, 5) is 12.2. The van der Waals surface area contributed by atoms with Gasteiger partial charge in [0.1, 0.15) is 5.75 Å². The number of hydrogen-bond donors (Lipinski definition) is 0. The molecule has 0 aliphatic carbocycles. The van der Waals surface area contributed by atoms with Crippen LogP contribution in [0.2, 0.25) is 5.02 Å². The average molecular weight is 289 g/mol. The Morgan fingerprint density at radius 3 is 2.45 bits per heavy atom. The van der Waals surface area contributed by atoms with E-state index in [2.05, 4.69) is 0 Å². The van der Waals surface area contributed by atoms with Crippen LogP contribution in [0.15, 0.2) is 42.5 Å². The fourth-order valence-electron chi connectivity index (χ4n) is 2.09. The van der Waals surface area contributed by atoms with Crippen molar-refractivity contribution >= 4 is 17.4 Å². The highest BCUT2D eigenvalue weighted by molar-refractivity contribution is 6.31. The van der Waals surface area contributed by atoms with E-state index in [-0.39, 0.29) is 5.78 Å². The highest BCUT2D eigenvalue weighted by atomic mass is 35.5. The van der Waals surface area contributed by atoms with E-state index in [0.717, 1.165) is 16.9 Å². The number of carbonyl (C=O) groups excluding carboxylic acids is 1. The maximum atomic E-state index is 12.2. The van der Waals surface area contributed by atoms with Crippen LogP contribution in [0.3, 0.4) is 0 Å². The summed E-state index contributed by atoms with van der Waals surface area (Å²) < 4.78 is 5.11. The van der Waals surface area contributed by atoms with Gasteiger partial charge in [0.25, 0.3) is 0 Å². The Bertz CT molecular complexity index is 583. The summed E-state index contributed by atoms with van der Waals surface area (Å²) in [5, 5.41) is 0.609. The topological polar surface area (TPSA) is 26.3 Å². The van der Waals surface area contributed by atoms with Crippen LogP contribution in [0.25, 0.3) is 0 Å². The van der Waals surface area contributed by atoms with E-state index < -0.39 is 0 Å². The molecule has 20 heavy (non-hydrogen) atoms. The van der Waals surface area contributed by atoms with Gasteiger partial charge in [-0.2, -0.15) is 0 Å². The molecule has 0 saturated heterocycles. The number of rotatable bonds is 5. The lowest BCUT2D eigenvalue weighted by Gasteiger charge is -2.05. The molecule has 2 aromatic rings. The van der Waals surface area contributed by atoms with Crippen molar-refractivity contribution < 1.29 is 9.53 Å². The summed E-state index contributed by atoms with van der Waals surface area (Å²) in [5.41, 5.74) is 2.81. The summed E-state index contributed by atoms with van der Waals surface area (Å²) in [5.74, 6) is 0.942. The molecular formula is C17H17ClO2. The van der Waals surface area contributed by atoms with Gasteiger partial charge in [-0.05, 0) is 54.8 Å². The van der Waals surface area contributed by atoms with Crippen molar-refractivity contribution in [2.24, 2.45) is 0 Å². The van der Waals surface area contributed by atoms with E-state index in [1.165, 1.54) is 0 Å². The van der Waals surface area contributed by atoms with Gasteiger partial charge in [-0.1, -0.05) is 23.7 Å². The molecule has 104 valence electrons. The normalized spacial score (nSPS) is 10.3. The Labute approximate surface area is 124 Å². The fourth-order valence-corrected chi connectivity index (χ4v) is 2.38. The minimum Gasteiger partial charge on any atom is -0.497 e. The van der Waals surface area contributed by atoms with Crippen LogP contribution in [-0.4, -0.2) is 12.9 Å². The first-order valence-corrected chi connectivity index (χ1v) is 6.89. The number of aryl methyl sites for hydroxylation is 2. The zero-order chi connectivity index (χ0) is 14.5. The molecule has 2 aromatic carbocycles. The van der Waals surface area contributed by atoms with Crippen LogP contribution in [0.4, 0.5) is 0 Å². The van der Waals surface area contributed by atoms with Crippen molar-refractivity contribution in [3.63, 3.8) is 0 Å². The van der Waals surface area contributed by atoms with Gasteiger partial charge in [0.2, 0.25) is 0 Å². The summed E-state index contributed by atoms with van der Waals surface area (Å²) >= 11 is 5.98. The highest BCUT2D eigenvalue weighted by Crippen LogP contribution is 2.18. The molecule has 2 nitrogen and oxygen atoms in total. The molecule has 0 aromatic heterocycles. The van der Waals surface area contributed by atoms with Crippen molar-refractivity contribution in [1.29, 1.82) is 0 Å². The molecule has 0 atom stereocenters. The van der Waals surface area contributed by atoms with Crippen LogP contribution >= 0.6 is 11.6 Å². The van der Waals surface area contributed by atoms with E-state index in [1.807, 2.05) is 43.3 Å². The molecule has 0 heterocycles. The second-order valence-electron chi connectivity index (χ2n) is 4.79. The molecule has 0 unspecified atom stereocenters.